The fourth-order valence-electron chi connectivity index (χ4n) is 2.28. The summed E-state index contributed by atoms with van der Waals surface area (Å²) in [5.74, 6) is 1.34. The average Bonchev–Trinajstić information content (AvgIpc) is 2.49. The van der Waals surface area contributed by atoms with Crippen molar-refractivity contribution >= 4 is 11.0 Å². The smallest absolute Gasteiger partial charge is 0.336 e. The standard InChI is InChI=1S/C18H13NO3/c1-11-8-18(20)22-17-7-12(2)16(9-15(11)17)21-14-5-3-13(10-19)4-6-14/h3-9H,1-2H3. The van der Waals surface area contributed by atoms with Crippen molar-refractivity contribution < 1.29 is 9.15 Å². The molecule has 0 unspecified atom stereocenters. The molecule has 0 saturated heterocycles. The Labute approximate surface area is 127 Å². The van der Waals surface area contributed by atoms with E-state index in [-0.39, 0.29) is 5.63 Å². The zero-order chi connectivity index (χ0) is 15.7. The van der Waals surface area contributed by atoms with Crippen molar-refractivity contribution in [1.29, 1.82) is 5.26 Å². The topological polar surface area (TPSA) is 63.2 Å². The SMILES string of the molecule is Cc1cc2oc(=O)cc(C)c2cc1Oc1ccc(C#N)cc1. The third kappa shape index (κ3) is 2.57. The first kappa shape index (κ1) is 13.9. The van der Waals surface area contributed by atoms with Gasteiger partial charge in [0.05, 0.1) is 11.6 Å². The Morgan fingerprint density at radius 3 is 2.45 bits per heavy atom. The van der Waals surface area contributed by atoms with Gasteiger partial charge in [-0.3, -0.25) is 0 Å². The molecule has 0 amide bonds. The predicted octanol–water partition coefficient (Wildman–Crippen LogP) is 4.07. The molecule has 0 fully saturated rings. The monoisotopic (exact) mass is 291 g/mol. The summed E-state index contributed by atoms with van der Waals surface area (Å²) in [5.41, 5.74) is 2.49. The van der Waals surface area contributed by atoms with Crippen LogP contribution < -0.4 is 10.4 Å². The molecule has 1 aromatic heterocycles. The van der Waals surface area contributed by atoms with Crippen LogP contribution in [-0.2, 0) is 0 Å². The van der Waals surface area contributed by atoms with Crippen LogP contribution in [0.2, 0.25) is 0 Å². The molecule has 0 aliphatic carbocycles. The van der Waals surface area contributed by atoms with Crippen molar-refractivity contribution in [2.75, 3.05) is 0 Å². The number of hydrogen-bond donors (Lipinski definition) is 0. The Bertz CT molecular complexity index is 947. The van der Waals surface area contributed by atoms with E-state index in [1.807, 2.05) is 19.9 Å². The molecule has 108 valence electrons. The van der Waals surface area contributed by atoms with E-state index in [2.05, 4.69) is 6.07 Å². The molecule has 0 atom stereocenters. The van der Waals surface area contributed by atoms with E-state index in [9.17, 15) is 4.79 Å². The van der Waals surface area contributed by atoms with Gasteiger partial charge < -0.3 is 9.15 Å². The van der Waals surface area contributed by atoms with Crippen LogP contribution in [0.4, 0.5) is 0 Å². The van der Waals surface area contributed by atoms with Crippen LogP contribution in [-0.4, -0.2) is 0 Å². The lowest BCUT2D eigenvalue weighted by Crippen LogP contribution is -1.98. The van der Waals surface area contributed by atoms with Gasteiger partial charge in [-0.25, -0.2) is 4.79 Å². The molecular formula is C18H13NO3. The summed E-state index contributed by atoms with van der Waals surface area (Å²) >= 11 is 0. The fourth-order valence-corrected chi connectivity index (χ4v) is 2.28. The Morgan fingerprint density at radius 1 is 1.05 bits per heavy atom. The molecule has 1 heterocycles. The van der Waals surface area contributed by atoms with Crippen molar-refractivity contribution in [2.45, 2.75) is 13.8 Å². The summed E-state index contributed by atoms with van der Waals surface area (Å²) in [6.07, 6.45) is 0. The number of fused-ring (bicyclic) bond motifs is 1. The first-order valence-electron chi connectivity index (χ1n) is 6.80. The summed E-state index contributed by atoms with van der Waals surface area (Å²) < 4.78 is 11.1. The average molecular weight is 291 g/mol. The minimum Gasteiger partial charge on any atom is -0.457 e. The first-order chi connectivity index (χ1) is 10.6. The molecule has 4 nitrogen and oxygen atoms in total. The second-order valence-electron chi connectivity index (χ2n) is 5.10. The summed E-state index contributed by atoms with van der Waals surface area (Å²) in [7, 11) is 0. The fraction of sp³-hybridized carbons (Fsp3) is 0.111. The molecule has 4 heteroatoms. The van der Waals surface area contributed by atoms with Crippen molar-refractivity contribution in [3.63, 3.8) is 0 Å². The van der Waals surface area contributed by atoms with Crippen LogP contribution in [0.1, 0.15) is 16.7 Å². The highest BCUT2D eigenvalue weighted by atomic mass is 16.5. The lowest BCUT2D eigenvalue weighted by Gasteiger charge is -2.10. The highest BCUT2D eigenvalue weighted by molar-refractivity contribution is 5.82. The minimum absolute atomic E-state index is 0.356. The molecule has 0 saturated carbocycles. The lowest BCUT2D eigenvalue weighted by molar-refractivity contribution is 0.478. The maximum absolute atomic E-state index is 11.4. The number of hydrogen-bond acceptors (Lipinski definition) is 4. The van der Waals surface area contributed by atoms with E-state index in [1.165, 1.54) is 6.07 Å². The van der Waals surface area contributed by atoms with Crippen LogP contribution in [0.5, 0.6) is 11.5 Å². The van der Waals surface area contributed by atoms with E-state index in [0.717, 1.165) is 16.5 Å². The van der Waals surface area contributed by atoms with Gasteiger partial charge >= 0.3 is 5.63 Å². The maximum Gasteiger partial charge on any atom is 0.336 e. The molecule has 0 aliphatic heterocycles. The van der Waals surface area contributed by atoms with Crippen LogP contribution in [0.15, 0.2) is 51.7 Å². The molecule has 0 N–H and O–H groups in total. The Morgan fingerprint density at radius 2 is 1.77 bits per heavy atom. The normalized spacial score (nSPS) is 10.4. The van der Waals surface area contributed by atoms with E-state index < -0.39 is 0 Å². The van der Waals surface area contributed by atoms with Gasteiger partial charge in [0.2, 0.25) is 0 Å². The van der Waals surface area contributed by atoms with Gasteiger partial charge in [0.25, 0.3) is 0 Å². The number of rotatable bonds is 2. The van der Waals surface area contributed by atoms with Gasteiger partial charge in [-0.05, 0) is 61.4 Å². The minimum atomic E-state index is -0.356. The maximum atomic E-state index is 11.4. The molecule has 0 radical (unpaired) electrons. The summed E-state index contributed by atoms with van der Waals surface area (Å²) in [5, 5.41) is 9.65. The van der Waals surface area contributed by atoms with Crippen LogP contribution >= 0.6 is 0 Å². The number of aryl methyl sites for hydroxylation is 2. The lowest BCUT2D eigenvalue weighted by atomic mass is 10.1. The second-order valence-corrected chi connectivity index (χ2v) is 5.10. The van der Waals surface area contributed by atoms with Gasteiger partial charge in [0.1, 0.15) is 17.1 Å². The molecule has 0 spiro atoms. The number of ether oxygens (including phenoxy) is 1. The van der Waals surface area contributed by atoms with Crippen molar-refractivity contribution in [3.05, 3.63) is 69.6 Å². The van der Waals surface area contributed by atoms with Gasteiger partial charge in [-0.1, -0.05) is 0 Å². The third-order valence-electron chi connectivity index (χ3n) is 3.46. The van der Waals surface area contributed by atoms with E-state index in [1.54, 1.807) is 30.3 Å². The van der Waals surface area contributed by atoms with Crippen LogP contribution in [0, 0.1) is 25.2 Å². The predicted molar refractivity (Wildman–Crippen MR) is 83.2 cm³/mol. The third-order valence-corrected chi connectivity index (χ3v) is 3.46. The van der Waals surface area contributed by atoms with Gasteiger partial charge in [-0.2, -0.15) is 5.26 Å². The summed E-state index contributed by atoms with van der Waals surface area (Å²) in [6, 6.07) is 14.1. The van der Waals surface area contributed by atoms with E-state index in [0.29, 0.717) is 22.6 Å². The van der Waals surface area contributed by atoms with Crippen LogP contribution in [0.25, 0.3) is 11.0 Å². The highest BCUT2D eigenvalue weighted by Gasteiger charge is 2.08. The van der Waals surface area contributed by atoms with Crippen molar-refractivity contribution in [1.82, 2.24) is 0 Å². The van der Waals surface area contributed by atoms with Gasteiger partial charge in [0.15, 0.2) is 0 Å². The zero-order valence-corrected chi connectivity index (χ0v) is 12.2. The molecular weight excluding hydrogens is 278 g/mol. The number of benzene rings is 2. The second kappa shape index (κ2) is 5.38. The van der Waals surface area contributed by atoms with Crippen molar-refractivity contribution in [2.24, 2.45) is 0 Å². The number of nitriles is 1. The summed E-state index contributed by atoms with van der Waals surface area (Å²) in [6.45, 7) is 3.75. The largest absolute Gasteiger partial charge is 0.457 e. The number of nitrogens with zero attached hydrogens (tertiary/aromatic N) is 1. The van der Waals surface area contributed by atoms with Gasteiger partial charge in [0, 0.05) is 11.5 Å². The molecule has 2 aromatic carbocycles. The molecule has 3 rings (SSSR count). The summed E-state index contributed by atoms with van der Waals surface area (Å²) in [4.78, 5) is 11.4. The Balaban J connectivity index is 2.05. The highest BCUT2D eigenvalue weighted by Crippen LogP contribution is 2.30. The van der Waals surface area contributed by atoms with E-state index in [4.69, 9.17) is 14.4 Å². The zero-order valence-electron chi connectivity index (χ0n) is 12.2. The Kier molecular flexibility index (Phi) is 3.40. The Hall–Kier alpha value is -3.06. The first-order valence-corrected chi connectivity index (χ1v) is 6.80. The molecule has 0 bridgehead atoms. The molecule has 3 aromatic rings. The quantitative estimate of drug-likeness (QED) is 0.667. The molecule has 22 heavy (non-hydrogen) atoms. The van der Waals surface area contributed by atoms with Crippen molar-refractivity contribution in [3.8, 4) is 17.6 Å². The van der Waals surface area contributed by atoms with Crippen LogP contribution in [0.3, 0.4) is 0 Å². The molecule has 0 aliphatic rings. The van der Waals surface area contributed by atoms with E-state index >= 15 is 0 Å². The van der Waals surface area contributed by atoms with Gasteiger partial charge in [-0.15, -0.1) is 0 Å².